The van der Waals surface area contributed by atoms with Gasteiger partial charge in [0.25, 0.3) is 0 Å². The lowest BCUT2D eigenvalue weighted by Gasteiger charge is -2.23. The van der Waals surface area contributed by atoms with Crippen molar-refractivity contribution in [2.45, 2.75) is 39.2 Å². The Morgan fingerprint density at radius 2 is 1.98 bits per heavy atom. The van der Waals surface area contributed by atoms with Crippen LogP contribution >= 0.6 is 0 Å². The lowest BCUT2D eigenvalue weighted by Crippen LogP contribution is -2.45. The summed E-state index contributed by atoms with van der Waals surface area (Å²) in [7, 11) is 7.39. The summed E-state index contributed by atoms with van der Waals surface area (Å²) >= 11 is 0. The van der Waals surface area contributed by atoms with Crippen LogP contribution in [0.1, 0.15) is 38.7 Å². The highest BCUT2D eigenvalue weighted by Gasteiger charge is 2.20. The smallest absolute Gasteiger partial charge is 0.246 e. The van der Waals surface area contributed by atoms with Crippen LogP contribution in [0.15, 0.2) is 42.7 Å². The molecule has 41 heavy (non-hydrogen) atoms. The highest BCUT2D eigenvalue weighted by Crippen LogP contribution is 2.22. The van der Waals surface area contributed by atoms with Crippen molar-refractivity contribution in [1.82, 2.24) is 34.9 Å². The molecular formula is C30H41N9O2. The molecule has 0 aliphatic carbocycles. The number of aryl methyl sites for hydroxylation is 1. The number of likely N-dealkylation sites (N-methyl/N-ethyl adjacent to an activating group) is 2. The number of anilines is 3. The number of aromatic nitrogens is 4. The van der Waals surface area contributed by atoms with Gasteiger partial charge in [0.15, 0.2) is 0 Å². The summed E-state index contributed by atoms with van der Waals surface area (Å²) in [5.74, 6) is 7.07. The van der Waals surface area contributed by atoms with Crippen molar-refractivity contribution in [1.29, 1.82) is 0 Å². The van der Waals surface area contributed by atoms with E-state index in [-0.39, 0.29) is 11.8 Å². The number of hydrogen-bond donors (Lipinski definition) is 3. The van der Waals surface area contributed by atoms with Gasteiger partial charge in [-0.1, -0.05) is 24.8 Å². The van der Waals surface area contributed by atoms with Crippen molar-refractivity contribution in [3.05, 3.63) is 48.3 Å². The van der Waals surface area contributed by atoms with Crippen LogP contribution in [0.4, 0.5) is 17.5 Å². The quantitative estimate of drug-likeness (QED) is 0.166. The first kappa shape index (κ1) is 31.1. The third kappa shape index (κ3) is 9.32. The maximum Gasteiger partial charge on any atom is 0.246 e. The number of carbonyl (C=O) groups excluding carboxylic acids is 2. The molecule has 0 unspecified atom stereocenters. The second-order valence-corrected chi connectivity index (χ2v) is 10.0. The average molecular weight is 560 g/mol. The summed E-state index contributed by atoms with van der Waals surface area (Å²) < 4.78 is 1.83. The molecular weight excluding hydrogens is 518 g/mol. The molecule has 0 aliphatic rings. The van der Waals surface area contributed by atoms with E-state index in [1.54, 1.807) is 26.2 Å². The normalized spacial score (nSPS) is 11.8. The minimum Gasteiger partial charge on any atom is -0.369 e. The molecule has 1 aromatic carbocycles. The lowest BCUT2D eigenvalue weighted by molar-refractivity contribution is -0.135. The Balaban J connectivity index is 1.52. The fourth-order valence-electron chi connectivity index (χ4n) is 3.81. The molecule has 0 saturated carbocycles. The van der Waals surface area contributed by atoms with Crippen molar-refractivity contribution in [2.75, 3.05) is 51.4 Å². The Morgan fingerprint density at radius 1 is 1.17 bits per heavy atom. The minimum atomic E-state index is -0.569. The Bertz CT molecular complexity index is 1420. The zero-order chi connectivity index (χ0) is 29.8. The van der Waals surface area contributed by atoms with Gasteiger partial charge in [-0.25, -0.2) is 4.98 Å². The van der Waals surface area contributed by atoms with E-state index in [1.165, 1.54) is 11.0 Å². The minimum absolute atomic E-state index is 0.195. The Hall–Kier alpha value is -4.43. The molecule has 0 aliphatic heterocycles. The summed E-state index contributed by atoms with van der Waals surface area (Å²) in [6.45, 7) is 5.70. The Kier molecular flexibility index (Phi) is 11.7. The highest BCUT2D eigenvalue weighted by molar-refractivity contribution is 5.92. The van der Waals surface area contributed by atoms with E-state index in [0.717, 1.165) is 29.6 Å². The molecule has 2 heterocycles. The summed E-state index contributed by atoms with van der Waals surface area (Å²) in [5.41, 5.74) is 2.60. The number of carbonyl (C=O) groups is 2. The van der Waals surface area contributed by atoms with Crippen LogP contribution in [0, 0.1) is 11.8 Å². The van der Waals surface area contributed by atoms with Crippen LogP contribution in [-0.4, -0.2) is 88.2 Å². The van der Waals surface area contributed by atoms with Crippen LogP contribution < -0.4 is 16.0 Å². The molecule has 0 saturated heterocycles. The van der Waals surface area contributed by atoms with Crippen molar-refractivity contribution < 1.29 is 9.59 Å². The van der Waals surface area contributed by atoms with E-state index in [4.69, 9.17) is 0 Å². The molecule has 0 fully saturated rings. The molecule has 3 aromatic rings. The molecule has 11 nitrogen and oxygen atoms in total. The molecule has 2 aromatic heterocycles. The second kappa shape index (κ2) is 15.4. The summed E-state index contributed by atoms with van der Waals surface area (Å²) in [6, 6.07) is 5.42. The van der Waals surface area contributed by atoms with Crippen LogP contribution in [0.3, 0.4) is 0 Å². The van der Waals surface area contributed by atoms with Gasteiger partial charge < -0.3 is 25.8 Å². The van der Waals surface area contributed by atoms with Crippen LogP contribution in [0.25, 0.3) is 10.9 Å². The van der Waals surface area contributed by atoms with Gasteiger partial charge in [0.1, 0.15) is 11.9 Å². The predicted molar refractivity (Wildman–Crippen MR) is 164 cm³/mol. The van der Waals surface area contributed by atoms with E-state index < -0.39 is 6.04 Å². The molecule has 0 bridgehead atoms. The van der Waals surface area contributed by atoms with E-state index >= 15 is 0 Å². The third-order valence-corrected chi connectivity index (χ3v) is 6.38. The molecule has 1 atom stereocenters. The molecule has 3 N–H and O–H groups in total. The van der Waals surface area contributed by atoms with Gasteiger partial charge >= 0.3 is 0 Å². The number of hydrogen-bond acceptors (Lipinski definition) is 8. The van der Waals surface area contributed by atoms with Gasteiger partial charge in [0, 0.05) is 57.3 Å². The zero-order valence-electron chi connectivity index (χ0n) is 24.9. The summed E-state index contributed by atoms with van der Waals surface area (Å²) in [5, 5.41) is 14.8. The number of fused-ring (bicyclic) bond motifs is 1. The molecule has 0 radical (unpaired) electrons. The first-order chi connectivity index (χ1) is 19.7. The van der Waals surface area contributed by atoms with E-state index in [1.807, 2.05) is 55.1 Å². The fraction of sp³-hybridized carbons (Fsp3) is 0.433. The Morgan fingerprint density at radius 3 is 2.73 bits per heavy atom. The van der Waals surface area contributed by atoms with E-state index in [0.29, 0.717) is 43.3 Å². The summed E-state index contributed by atoms with van der Waals surface area (Å²) in [4.78, 5) is 37.3. The van der Waals surface area contributed by atoms with Gasteiger partial charge in [0.2, 0.25) is 17.8 Å². The maximum atomic E-state index is 12.5. The second-order valence-electron chi connectivity index (χ2n) is 10.0. The van der Waals surface area contributed by atoms with E-state index in [9.17, 15) is 9.59 Å². The molecule has 2 amide bonds. The molecule has 218 valence electrons. The first-order valence-electron chi connectivity index (χ1n) is 13.8. The average Bonchev–Trinajstić information content (AvgIpc) is 3.32. The van der Waals surface area contributed by atoms with Gasteiger partial charge in [-0.3, -0.25) is 14.3 Å². The number of nitrogens with zero attached hydrogens (tertiary/aromatic N) is 6. The van der Waals surface area contributed by atoms with Crippen LogP contribution in [0.5, 0.6) is 0 Å². The Labute approximate surface area is 242 Å². The van der Waals surface area contributed by atoms with Crippen molar-refractivity contribution in [2.24, 2.45) is 7.05 Å². The first-order valence-corrected chi connectivity index (χ1v) is 13.8. The third-order valence-electron chi connectivity index (χ3n) is 6.38. The monoisotopic (exact) mass is 559 g/mol. The maximum absolute atomic E-state index is 12.5. The topological polar surface area (TPSA) is 120 Å². The number of nitrogens with one attached hydrogen (secondary N) is 3. The van der Waals surface area contributed by atoms with Crippen molar-refractivity contribution in [3.8, 4) is 11.8 Å². The summed E-state index contributed by atoms with van der Waals surface area (Å²) in [6.07, 6.45) is 9.04. The van der Waals surface area contributed by atoms with Crippen LogP contribution in [0.2, 0.25) is 0 Å². The number of unbranched alkanes of at least 4 members (excludes halogenated alkanes) is 1. The fourth-order valence-corrected chi connectivity index (χ4v) is 3.81. The van der Waals surface area contributed by atoms with Gasteiger partial charge in [-0.15, -0.1) is 0 Å². The molecule has 3 rings (SSSR count). The zero-order valence-corrected chi connectivity index (χ0v) is 24.9. The van der Waals surface area contributed by atoms with Gasteiger partial charge in [0.05, 0.1) is 23.5 Å². The van der Waals surface area contributed by atoms with Gasteiger partial charge in [-0.2, -0.15) is 10.1 Å². The lowest BCUT2D eigenvalue weighted by atomic mass is 10.2. The molecule has 11 heteroatoms. The van der Waals surface area contributed by atoms with Crippen LogP contribution in [-0.2, 0) is 16.6 Å². The predicted octanol–water partition coefficient (Wildman–Crippen LogP) is 3.14. The number of amides is 2. The standard InChI is InChI=1S/C30H41N9O2/c1-7-16-31-28-24(20-33-30(36-28)35-25-15-14-23-21-34-39(6)26(23)19-25)12-9-8-10-17-32-29(41)22(2)38(5)27(40)13-11-18-37(3)4/h11,13-15,19-22H,7-8,10,16-18H2,1-6H3,(H,32,41)(H2,31,33,35,36)/b13-11+/t22-/m0/s1. The number of rotatable bonds is 13. The van der Waals surface area contributed by atoms with Crippen molar-refractivity contribution >= 4 is 40.2 Å². The van der Waals surface area contributed by atoms with Gasteiger partial charge in [-0.05, 0) is 52.1 Å². The SMILES string of the molecule is CCCNc1nc(Nc2ccc3cnn(C)c3c2)ncc1C#CCCCNC(=O)[C@H](C)N(C)C(=O)/C=C/CN(C)C. The van der Waals surface area contributed by atoms with E-state index in [2.05, 4.69) is 49.8 Å². The number of benzene rings is 1. The largest absolute Gasteiger partial charge is 0.369 e. The highest BCUT2D eigenvalue weighted by atomic mass is 16.2. The van der Waals surface area contributed by atoms with Crippen molar-refractivity contribution in [3.63, 3.8) is 0 Å². The molecule has 0 spiro atoms.